The molecule has 2 aromatic rings. The minimum absolute atomic E-state index is 0.0705. The van der Waals surface area contributed by atoms with Crippen LogP contribution in [0.4, 0.5) is 11.4 Å². The fraction of sp³-hybridized carbons (Fsp3) is 0.500. The normalized spacial score (nSPS) is 10.8. The Labute approximate surface area is 213 Å². The van der Waals surface area contributed by atoms with Crippen LogP contribution in [0.25, 0.3) is 0 Å². The first-order valence-corrected chi connectivity index (χ1v) is 14.9. The fourth-order valence-electron chi connectivity index (χ4n) is 3.58. The minimum Gasteiger partial charge on any atom is -0.325 e. The summed E-state index contributed by atoms with van der Waals surface area (Å²) in [4.78, 5) is 26.8. The SMILES string of the molecule is CCCCCCCC(=O)Nc1ccccc1SSc1ccccc1NC(=O)CCCCCCC. The molecule has 4 nitrogen and oxygen atoms in total. The third-order valence-corrected chi connectivity index (χ3v) is 8.04. The summed E-state index contributed by atoms with van der Waals surface area (Å²) in [6.07, 6.45) is 12.5. The molecule has 0 saturated heterocycles. The van der Waals surface area contributed by atoms with Crippen LogP contribution >= 0.6 is 21.6 Å². The maximum atomic E-state index is 12.4. The highest BCUT2D eigenvalue weighted by atomic mass is 33.1. The second kappa shape index (κ2) is 17.5. The lowest BCUT2D eigenvalue weighted by Crippen LogP contribution is -2.12. The fourth-order valence-corrected chi connectivity index (χ4v) is 5.85. The molecule has 186 valence electrons. The van der Waals surface area contributed by atoms with Crippen molar-refractivity contribution < 1.29 is 9.59 Å². The van der Waals surface area contributed by atoms with E-state index in [1.54, 1.807) is 21.6 Å². The van der Waals surface area contributed by atoms with Gasteiger partial charge in [0.1, 0.15) is 0 Å². The van der Waals surface area contributed by atoms with Crippen molar-refractivity contribution in [3.63, 3.8) is 0 Å². The van der Waals surface area contributed by atoms with Crippen molar-refractivity contribution in [2.45, 2.75) is 101 Å². The van der Waals surface area contributed by atoms with Gasteiger partial charge >= 0.3 is 0 Å². The summed E-state index contributed by atoms with van der Waals surface area (Å²) in [5.41, 5.74) is 1.68. The predicted molar refractivity (Wildman–Crippen MR) is 149 cm³/mol. The summed E-state index contributed by atoms with van der Waals surface area (Å²) in [6, 6.07) is 15.8. The van der Waals surface area contributed by atoms with Crippen LogP contribution in [-0.2, 0) is 9.59 Å². The number of nitrogens with one attached hydrogen (secondary N) is 2. The van der Waals surface area contributed by atoms with E-state index in [4.69, 9.17) is 0 Å². The molecule has 0 radical (unpaired) electrons. The average molecular weight is 501 g/mol. The average Bonchev–Trinajstić information content (AvgIpc) is 2.84. The third-order valence-electron chi connectivity index (χ3n) is 5.56. The van der Waals surface area contributed by atoms with Gasteiger partial charge < -0.3 is 10.6 Å². The Morgan fingerprint density at radius 2 is 0.971 bits per heavy atom. The zero-order chi connectivity index (χ0) is 24.4. The highest BCUT2D eigenvalue weighted by Crippen LogP contribution is 2.43. The lowest BCUT2D eigenvalue weighted by Gasteiger charge is -2.13. The number of unbranched alkanes of at least 4 members (excludes halogenated alkanes) is 8. The van der Waals surface area contributed by atoms with Gasteiger partial charge in [0.05, 0.1) is 11.4 Å². The maximum Gasteiger partial charge on any atom is 0.224 e. The standard InChI is InChI=1S/C28H40N2O2S2/c1-3-5-7-9-11-21-27(31)29-23-17-13-15-19-25(23)33-34-26-20-16-14-18-24(26)30-28(32)22-12-10-8-6-4-2/h13-20H,3-12,21-22H2,1-2H3,(H,29,31)(H,30,32). The molecule has 0 heterocycles. The summed E-state index contributed by atoms with van der Waals surface area (Å²) < 4.78 is 0. The van der Waals surface area contributed by atoms with Gasteiger partial charge in [-0.05, 0) is 37.1 Å². The molecule has 2 aromatic carbocycles. The molecule has 2 rings (SSSR count). The molecule has 0 bridgehead atoms. The number of hydrogen-bond acceptors (Lipinski definition) is 4. The molecular weight excluding hydrogens is 460 g/mol. The van der Waals surface area contributed by atoms with E-state index in [0.717, 1.165) is 46.8 Å². The van der Waals surface area contributed by atoms with Crippen LogP contribution < -0.4 is 10.6 Å². The molecule has 0 spiro atoms. The zero-order valence-electron chi connectivity index (χ0n) is 20.7. The highest BCUT2D eigenvalue weighted by molar-refractivity contribution is 8.76. The maximum absolute atomic E-state index is 12.4. The van der Waals surface area contributed by atoms with Gasteiger partial charge in [0.15, 0.2) is 0 Å². The molecule has 0 aliphatic heterocycles. The zero-order valence-corrected chi connectivity index (χ0v) is 22.4. The van der Waals surface area contributed by atoms with Crippen molar-refractivity contribution in [1.82, 2.24) is 0 Å². The van der Waals surface area contributed by atoms with Crippen molar-refractivity contribution >= 4 is 44.8 Å². The number of rotatable bonds is 17. The van der Waals surface area contributed by atoms with E-state index in [2.05, 4.69) is 24.5 Å². The van der Waals surface area contributed by atoms with E-state index >= 15 is 0 Å². The van der Waals surface area contributed by atoms with E-state index < -0.39 is 0 Å². The molecule has 0 saturated carbocycles. The summed E-state index contributed by atoms with van der Waals surface area (Å²) >= 11 is 0. The number of anilines is 2. The smallest absolute Gasteiger partial charge is 0.224 e. The summed E-state index contributed by atoms with van der Waals surface area (Å²) in [6.45, 7) is 4.39. The van der Waals surface area contributed by atoms with Crippen molar-refractivity contribution in [2.24, 2.45) is 0 Å². The van der Waals surface area contributed by atoms with Gasteiger partial charge in [0.2, 0.25) is 11.8 Å². The second-order valence-electron chi connectivity index (χ2n) is 8.58. The van der Waals surface area contributed by atoms with Crippen LogP contribution in [0.1, 0.15) is 90.9 Å². The summed E-state index contributed by atoms with van der Waals surface area (Å²) in [7, 11) is 3.19. The van der Waals surface area contributed by atoms with E-state index in [1.165, 1.54) is 38.5 Å². The molecule has 0 aromatic heterocycles. The lowest BCUT2D eigenvalue weighted by atomic mass is 10.1. The van der Waals surface area contributed by atoms with Crippen LogP contribution in [0.3, 0.4) is 0 Å². The Hall–Kier alpha value is -1.92. The molecule has 0 atom stereocenters. The van der Waals surface area contributed by atoms with Crippen LogP contribution in [0, 0.1) is 0 Å². The Morgan fingerprint density at radius 1 is 0.588 bits per heavy atom. The van der Waals surface area contributed by atoms with Crippen LogP contribution in [0.5, 0.6) is 0 Å². The first-order valence-electron chi connectivity index (χ1n) is 12.8. The molecular formula is C28H40N2O2S2. The summed E-state index contributed by atoms with van der Waals surface area (Å²) in [5, 5.41) is 6.16. The largest absolute Gasteiger partial charge is 0.325 e. The number of hydrogen-bond donors (Lipinski definition) is 2. The lowest BCUT2D eigenvalue weighted by molar-refractivity contribution is -0.117. The minimum atomic E-state index is 0.0705. The monoisotopic (exact) mass is 500 g/mol. The Bertz CT molecular complexity index is 801. The van der Waals surface area contributed by atoms with Crippen LogP contribution in [0.15, 0.2) is 58.3 Å². The number of benzene rings is 2. The van der Waals surface area contributed by atoms with E-state index in [-0.39, 0.29) is 11.8 Å². The van der Waals surface area contributed by atoms with E-state index in [9.17, 15) is 9.59 Å². The quantitative estimate of drug-likeness (QED) is 0.168. The number of carbonyl (C=O) groups is 2. The first kappa shape index (κ1) is 28.3. The van der Waals surface area contributed by atoms with Crippen molar-refractivity contribution in [2.75, 3.05) is 10.6 Å². The van der Waals surface area contributed by atoms with Gasteiger partial charge in [0, 0.05) is 22.6 Å². The number of amides is 2. The number of para-hydroxylation sites is 2. The molecule has 34 heavy (non-hydrogen) atoms. The molecule has 2 amide bonds. The van der Waals surface area contributed by atoms with Gasteiger partial charge in [-0.1, -0.05) is 111 Å². The number of carbonyl (C=O) groups excluding carboxylic acids is 2. The Kier molecular flexibility index (Phi) is 14.6. The van der Waals surface area contributed by atoms with Crippen molar-refractivity contribution in [3.05, 3.63) is 48.5 Å². The predicted octanol–water partition coefficient (Wildman–Crippen LogP) is 9.08. The molecule has 0 aliphatic rings. The molecule has 0 unspecified atom stereocenters. The Morgan fingerprint density at radius 3 is 1.38 bits per heavy atom. The van der Waals surface area contributed by atoms with Gasteiger partial charge in [0.25, 0.3) is 0 Å². The Balaban J connectivity index is 1.87. The van der Waals surface area contributed by atoms with Crippen molar-refractivity contribution in [1.29, 1.82) is 0 Å². The second-order valence-corrected chi connectivity index (χ2v) is 10.8. The van der Waals surface area contributed by atoms with Gasteiger partial charge in [-0.2, -0.15) is 0 Å². The topological polar surface area (TPSA) is 58.2 Å². The highest BCUT2D eigenvalue weighted by Gasteiger charge is 2.11. The van der Waals surface area contributed by atoms with Crippen molar-refractivity contribution in [3.8, 4) is 0 Å². The summed E-state index contributed by atoms with van der Waals surface area (Å²) in [5.74, 6) is 0.141. The van der Waals surface area contributed by atoms with Gasteiger partial charge in [-0.25, -0.2) is 0 Å². The van der Waals surface area contributed by atoms with Gasteiger partial charge in [-0.15, -0.1) is 0 Å². The van der Waals surface area contributed by atoms with E-state index in [0.29, 0.717) is 12.8 Å². The molecule has 6 heteroatoms. The van der Waals surface area contributed by atoms with Crippen LogP contribution in [0.2, 0.25) is 0 Å². The van der Waals surface area contributed by atoms with Gasteiger partial charge in [-0.3, -0.25) is 9.59 Å². The molecule has 0 aliphatic carbocycles. The van der Waals surface area contributed by atoms with Crippen LogP contribution in [-0.4, -0.2) is 11.8 Å². The molecule has 2 N–H and O–H groups in total. The molecule has 0 fully saturated rings. The third kappa shape index (κ3) is 11.5. The van der Waals surface area contributed by atoms with E-state index in [1.807, 2.05) is 48.5 Å². The first-order chi connectivity index (χ1) is 16.6.